The third-order valence-corrected chi connectivity index (χ3v) is 6.01. The fourth-order valence-corrected chi connectivity index (χ4v) is 4.54. The molecule has 3 rings (SSSR count). The summed E-state index contributed by atoms with van der Waals surface area (Å²) in [4.78, 5) is 16.5. The van der Waals surface area contributed by atoms with Crippen LogP contribution in [0.4, 0.5) is 11.4 Å². The second-order valence-corrected chi connectivity index (χ2v) is 8.43. The Morgan fingerprint density at radius 3 is 2.44 bits per heavy atom. The van der Waals surface area contributed by atoms with Gasteiger partial charge in [0.05, 0.1) is 37.6 Å². The van der Waals surface area contributed by atoms with E-state index in [1.165, 1.54) is 20.4 Å². The third-order valence-electron chi connectivity index (χ3n) is 4.24. The number of pyridine rings is 1. The smallest absolute Gasteiger partial charge is 0.274 e. The molecule has 8 nitrogen and oxygen atoms in total. The molecule has 2 heterocycles. The van der Waals surface area contributed by atoms with E-state index in [9.17, 15) is 13.2 Å². The Kier molecular flexibility index (Phi) is 5.50. The van der Waals surface area contributed by atoms with Gasteiger partial charge in [0.1, 0.15) is 5.69 Å². The van der Waals surface area contributed by atoms with E-state index in [4.69, 9.17) is 9.47 Å². The number of hydrogen-bond donors (Lipinski definition) is 2. The second kappa shape index (κ2) is 7.83. The molecule has 2 aromatic rings. The topological polar surface area (TPSA) is 107 Å². The number of sulfone groups is 1. The van der Waals surface area contributed by atoms with Gasteiger partial charge in [-0.15, -0.1) is 0 Å². The van der Waals surface area contributed by atoms with Gasteiger partial charge < -0.3 is 20.1 Å². The summed E-state index contributed by atoms with van der Waals surface area (Å²) in [5.41, 5.74) is 1.48. The van der Waals surface area contributed by atoms with Gasteiger partial charge in [0, 0.05) is 17.8 Å². The van der Waals surface area contributed by atoms with Crippen LogP contribution in [0.3, 0.4) is 0 Å². The van der Waals surface area contributed by atoms with Crippen molar-refractivity contribution >= 4 is 27.1 Å². The molecule has 1 aromatic heterocycles. The molecule has 0 saturated carbocycles. The van der Waals surface area contributed by atoms with Crippen LogP contribution in [-0.4, -0.2) is 51.1 Å². The lowest BCUT2D eigenvalue weighted by atomic mass is 10.2. The maximum absolute atomic E-state index is 12.4. The molecule has 0 aliphatic carbocycles. The lowest BCUT2D eigenvalue weighted by Gasteiger charge is -2.13. The van der Waals surface area contributed by atoms with Crippen LogP contribution in [-0.2, 0) is 9.84 Å². The van der Waals surface area contributed by atoms with Crippen LogP contribution in [0.5, 0.6) is 11.5 Å². The molecule has 0 bridgehead atoms. The number of carbonyl (C=O) groups excluding carboxylic acids is 1. The van der Waals surface area contributed by atoms with Gasteiger partial charge in [-0.3, -0.25) is 4.79 Å². The number of ether oxygens (including phenoxy) is 2. The third kappa shape index (κ3) is 4.68. The average molecular weight is 391 g/mol. The molecule has 1 saturated heterocycles. The number of benzene rings is 1. The largest absolute Gasteiger partial charge is 0.493 e. The second-order valence-electron chi connectivity index (χ2n) is 6.20. The Hall–Kier alpha value is -2.81. The summed E-state index contributed by atoms with van der Waals surface area (Å²) >= 11 is 0. The van der Waals surface area contributed by atoms with Crippen molar-refractivity contribution in [2.45, 2.75) is 12.5 Å². The quantitative estimate of drug-likeness (QED) is 0.775. The van der Waals surface area contributed by atoms with Gasteiger partial charge in [-0.05, 0) is 30.7 Å². The van der Waals surface area contributed by atoms with E-state index in [2.05, 4.69) is 15.6 Å². The number of anilines is 2. The van der Waals surface area contributed by atoms with Crippen LogP contribution in [0.1, 0.15) is 16.9 Å². The first-order chi connectivity index (χ1) is 12.9. The van der Waals surface area contributed by atoms with E-state index in [-0.39, 0.29) is 29.1 Å². The number of methoxy groups -OCH3 is 2. The van der Waals surface area contributed by atoms with Crippen LogP contribution in [0.25, 0.3) is 0 Å². The summed E-state index contributed by atoms with van der Waals surface area (Å²) < 4.78 is 33.4. The molecule has 1 unspecified atom stereocenters. The lowest BCUT2D eigenvalue weighted by molar-refractivity contribution is 0.102. The molecule has 1 aromatic carbocycles. The molecule has 27 heavy (non-hydrogen) atoms. The SMILES string of the molecule is COc1ccc(NC(=O)c2ccc(NC3CCS(=O)(=O)C3)cn2)cc1OC. The minimum absolute atomic E-state index is 0.120. The molecule has 0 radical (unpaired) electrons. The van der Waals surface area contributed by atoms with Gasteiger partial charge in [0.2, 0.25) is 0 Å². The summed E-state index contributed by atoms with van der Waals surface area (Å²) in [6.45, 7) is 0. The van der Waals surface area contributed by atoms with Crippen molar-refractivity contribution in [2.75, 3.05) is 36.4 Å². The standard InChI is InChI=1S/C18H21N3O5S/c1-25-16-6-4-12(9-17(16)26-2)21-18(22)15-5-3-13(10-19-15)20-14-7-8-27(23,24)11-14/h3-6,9-10,14,20H,7-8,11H2,1-2H3,(H,21,22). The van der Waals surface area contributed by atoms with E-state index in [0.717, 1.165) is 0 Å². The van der Waals surface area contributed by atoms with Crippen molar-refractivity contribution in [3.63, 3.8) is 0 Å². The first-order valence-corrected chi connectivity index (χ1v) is 10.2. The van der Waals surface area contributed by atoms with Crippen molar-refractivity contribution in [2.24, 2.45) is 0 Å². The highest BCUT2D eigenvalue weighted by atomic mass is 32.2. The molecular formula is C18H21N3O5S. The van der Waals surface area contributed by atoms with E-state index in [1.807, 2.05) is 0 Å². The molecular weight excluding hydrogens is 370 g/mol. The predicted octanol–water partition coefficient (Wildman–Crippen LogP) is 1.95. The van der Waals surface area contributed by atoms with Crippen LogP contribution < -0.4 is 20.1 Å². The minimum atomic E-state index is -2.95. The minimum Gasteiger partial charge on any atom is -0.493 e. The zero-order chi connectivity index (χ0) is 19.4. The lowest BCUT2D eigenvalue weighted by Crippen LogP contribution is -2.21. The van der Waals surface area contributed by atoms with Crippen molar-refractivity contribution in [3.05, 3.63) is 42.2 Å². The summed E-state index contributed by atoms with van der Waals surface area (Å²) in [5.74, 6) is 1.03. The molecule has 1 atom stereocenters. The molecule has 2 N–H and O–H groups in total. The molecule has 1 aliphatic rings. The van der Waals surface area contributed by atoms with Gasteiger partial charge in [-0.1, -0.05) is 0 Å². The van der Waals surface area contributed by atoms with Crippen molar-refractivity contribution < 1.29 is 22.7 Å². The maximum atomic E-state index is 12.4. The summed E-state index contributed by atoms with van der Waals surface area (Å²) in [6, 6.07) is 8.24. The zero-order valence-electron chi connectivity index (χ0n) is 15.1. The molecule has 144 valence electrons. The summed E-state index contributed by atoms with van der Waals surface area (Å²) in [5, 5.41) is 5.89. The monoisotopic (exact) mass is 391 g/mol. The highest BCUT2D eigenvalue weighted by Crippen LogP contribution is 2.29. The van der Waals surface area contributed by atoms with Crippen LogP contribution in [0, 0.1) is 0 Å². The van der Waals surface area contributed by atoms with Crippen LogP contribution >= 0.6 is 0 Å². The van der Waals surface area contributed by atoms with E-state index in [1.54, 1.807) is 30.3 Å². The molecule has 1 aliphatic heterocycles. The number of hydrogen-bond acceptors (Lipinski definition) is 7. The van der Waals surface area contributed by atoms with Gasteiger partial charge in [0.15, 0.2) is 21.3 Å². The van der Waals surface area contributed by atoms with Crippen molar-refractivity contribution in [3.8, 4) is 11.5 Å². The van der Waals surface area contributed by atoms with Gasteiger partial charge >= 0.3 is 0 Å². The first-order valence-electron chi connectivity index (χ1n) is 8.36. The first kappa shape index (κ1) is 19.0. The summed E-state index contributed by atoms with van der Waals surface area (Å²) in [7, 11) is 0.110. The number of carbonyl (C=O) groups is 1. The number of nitrogens with one attached hydrogen (secondary N) is 2. The molecule has 9 heteroatoms. The number of rotatable bonds is 6. The highest BCUT2D eigenvalue weighted by Gasteiger charge is 2.27. The maximum Gasteiger partial charge on any atom is 0.274 e. The fourth-order valence-electron chi connectivity index (χ4n) is 2.87. The Morgan fingerprint density at radius 1 is 1.11 bits per heavy atom. The Morgan fingerprint density at radius 2 is 1.85 bits per heavy atom. The van der Waals surface area contributed by atoms with E-state index >= 15 is 0 Å². The number of nitrogens with zero attached hydrogens (tertiary/aromatic N) is 1. The Balaban J connectivity index is 1.64. The van der Waals surface area contributed by atoms with Gasteiger partial charge in [0.25, 0.3) is 5.91 Å². The average Bonchev–Trinajstić information content (AvgIpc) is 3.00. The normalized spacial score (nSPS) is 17.9. The van der Waals surface area contributed by atoms with Gasteiger partial charge in [-0.2, -0.15) is 0 Å². The molecule has 0 spiro atoms. The zero-order valence-corrected chi connectivity index (χ0v) is 15.9. The van der Waals surface area contributed by atoms with Crippen molar-refractivity contribution in [1.29, 1.82) is 0 Å². The van der Waals surface area contributed by atoms with Crippen LogP contribution in [0.2, 0.25) is 0 Å². The highest BCUT2D eigenvalue weighted by molar-refractivity contribution is 7.91. The van der Waals surface area contributed by atoms with Gasteiger partial charge in [-0.25, -0.2) is 13.4 Å². The summed E-state index contributed by atoms with van der Waals surface area (Å²) in [6.07, 6.45) is 2.10. The van der Waals surface area contributed by atoms with E-state index in [0.29, 0.717) is 29.3 Å². The molecule has 1 fully saturated rings. The number of amides is 1. The van der Waals surface area contributed by atoms with Crippen LogP contribution in [0.15, 0.2) is 36.5 Å². The fraction of sp³-hybridized carbons (Fsp3) is 0.333. The Labute approximate surface area is 157 Å². The predicted molar refractivity (Wildman–Crippen MR) is 102 cm³/mol. The van der Waals surface area contributed by atoms with E-state index < -0.39 is 9.84 Å². The number of aromatic nitrogens is 1. The molecule has 1 amide bonds. The Bertz CT molecular complexity index is 929. The van der Waals surface area contributed by atoms with Crippen molar-refractivity contribution in [1.82, 2.24) is 4.98 Å².